The van der Waals surface area contributed by atoms with Gasteiger partial charge in [0.1, 0.15) is 6.54 Å². The first kappa shape index (κ1) is 11.7. The van der Waals surface area contributed by atoms with E-state index < -0.39 is 5.91 Å². The molecule has 0 unspecified atom stereocenters. The molecule has 0 radical (unpaired) electrons. The van der Waals surface area contributed by atoms with Gasteiger partial charge in [0.05, 0.1) is 10.9 Å². The maximum absolute atomic E-state index is 11.7. The zero-order valence-electron chi connectivity index (χ0n) is 9.21. The van der Waals surface area contributed by atoms with Gasteiger partial charge in [-0.15, -0.1) is 0 Å². The van der Waals surface area contributed by atoms with Crippen LogP contribution < -0.4 is 11.3 Å². The predicted octanol–water partition coefficient (Wildman–Crippen LogP) is 0.604. The number of hydrogen-bond acceptors (Lipinski definition) is 4. The fraction of sp³-hybridized carbons (Fsp3) is 0.182. The van der Waals surface area contributed by atoms with E-state index in [4.69, 9.17) is 5.73 Å². The van der Waals surface area contributed by atoms with E-state index in [0.29, 0.717) is 16.1 Å². The Bertz CT molecular complexity index is 636. The molecule has 2 rings (SSSR count). The Morgan fingerprint density at radius 3 is 2.82 bits per heavy atom. The molecule has 1 heterocycles. The lowest BCUT2D eigenvalue weighted by atomic mass is 10.2. The minimum Gasteiger partial charge on any atom is -0.368 e. The number of benzene rings is 1. The van der Waals surface area contributed by atoms with Crippen LogP contribution in [0.1, 0.15) is 0 Å². The molecular formula is C11H11N3O2S. The van der Waals surface area contributed by atoms with Crippen LogP contribution in [0, 0.1) is 0 Å². The number of primary amides is 1. The fourth-order valence-electron chi connectivity index (χ4n) is 1.66. The van der Waals surface area contributed by atoms with Crippen molar-refractivity contribution < 1.29 is 4.79 Å². The lowest BCUT2D eigenvalue weighted by molar-refractivity contribution is -0.118. The molecule has 2 N–H and O–H groups in total. The maximum atomic E-state index is 11.7. The predicted molar refractivity (Wildman–Crippen MR) is 67.0 cm³/mol. The number of hydrogen-bond donors (Lipinski definition) is 1. The number of rotatable bonds is 3. The van der Waals surface area contributed by atoms with E-state index in [1.54, 1.807) is 29.0 Å². The summed E-state index contributed by atoms with van der Waals surface area (Å²) in [6.45, 7) is 0.0178. The highest BCUT2D eigenvalue weighted by molar-refractivity contribution is 7.98. The largest absolute Gasteiger partial charge is 0.368 e. The van der Waals surface area contributed by atoms with Crippen molar-refractivity contribution in [3.05, 3.63) is 34.6 Å². The number of nitrogens with zero attached hydrogens (tertiary/aromatic N) is 2. The molecule has 88 valence electrons. The molecule has 0 fully saturated rings. The Morgan fingerprint density at radius 1 is 1.47 bits per heavy atom. The zero-order valence-corrected chi connectivity index (χ0v) is 10.0. The summed E-state index contributed by atoms with van der Waals surface area (Å²) in [6, 6.07) is 7.04. The second-order valence-corrected chi connectivity index (χ2v) is 4.25. The van der Waals surface area contributed by atoms with Gasteiger partial charge in [-0.1, -0.05) is 23.9 Å². The van der Waals surface area contributed by atoms with E-state index >= 15 is 0 Å². The molecule has 0 aliphatic rings. The van der Waals surface area contributed by atoms with Gasteiger partial charge in [-0.05, 0) is 18.4 Å². The van der Waals surface area contributed by atoms with Gasteiger partial charge in [0, 0.05) is 0 Å². The summed E-state index contributed by atoms with van der Waals surface area (Å²) in [5, 5.41) is 0.985. The summed E-state index contributed by atoms with van der Waals surface area (Å²) < 4.78 is 1.66. The molecule has 1 aromatic heterocycles. The summed E-state index contributed by atoms with van der Waals surface area (Å²) in [7, 11) is 0. The van der Waals surface area contributed by atoms with Gasteiger partial charge in [-0.2, -0.15) is 4.98 Å². The molecule has 1 aromatic carbocycles. The lowest BCUT2D eigenvalue weighted by Gasteiger charge is -2.12. The van der Waals surface area contributed by atoms with Crippen molar-refractivity contribution in [3.8, 4) is 0 Å². The van der Waals surface area contributed by atoms with Crippen molar-refractivity contribution in [2.45, 2.75) is 11.7 Å². The van der Waals surface area contributed by atoms with Crippen LogP contribution in [0.25, 0.3) is 10.9 Å². The number of fused-ring (bicyclic) bond motifs is 1. The molecule has 0 spiro atoms. The van der Waals surface area contributed by atoms with Crippen molar-refractivity contribution >= 4 is 28.6 Å². The van der Waals surface area contributed by atoms with Crippen molar-refractivity contribution in [2.75, 3.05) is 6.26 Å². The summed E-state index contributed by atoms with van der Waals surface area (Å²) in [5.41, 5.74) is 5.59. The second kappa shape index (κ2) is 4.58. The van der Waals surface area contributed by atoms with Crippen molar-refractivity contribution in [2.24, 2.45) is 5.73 Å². The maximum Gasteiger partial charge on any atom is 0.281 e. The van der Waals surface area contributed by atoms with Gasteiger partial charge in [-0.3, -0.25) is 9.59 Å². The SMILES string of the molecule is CSc1nc(=O)c2ccccc2n1CC(N)=O. The number of aromatic nitrogens is 2. The van der Waals surface area contributed by atoms with Crippen molar-refractivity contribution in [1.29, 1.82) is 0 Å². The van der Waals surface area contributed by atoms with Crippen molar-refractivity contribution in [1.82, 2.24) is 9.55 Å². The highest BCUT2D eigenvalue weighted by atomic mass is 32.2. The third kappa shape index (κ3) is 2.16. The molecule has 0 bridgehead atoms. The van der Waals surface area contributed by atoms with E-state index in [0.717, 1.165) is 0 Å². The summed E-state index contributed by atoms with van der Waals surface area (Å²) in [4.78, 5) is 26.7. The number of carbonyl (C=O) groups is 1. The Labute approximate surface area is 102 Å². The lowest BCUT2D eigenvalue weighted by Crippen LogP contribution is -2.23. The standard InChI is InChI=1S/C11H11N3O2S/c1-17-11-13-10(16)7-4-2-3-5-8(7)14(11)6-9(12)15/h2-5H,6H2,1H3,(H2,12,15). The number of para-hydroxylation sites is 1. The summed E-state index contributed by atoms with van der Waals surface area (Å²) in [5.74, 6) is -0.462. The molecule has 17 heavy (non-hydrogen) atoms. The highest BCUT2D eigenvalue weighted by Gasteiger charge is 2.10. The van der Waals surface area contributed by atoms with Crippen LogP contribution in [0.2, 0.25) is 0 Å². The number of carbonyl (C=O) groups excluding carboxylic acids is 1. The minimum absolute atomic E-state index is 0.0178. The molecule has 1 amide bonds. The highest BCUT2D eigenvalue weighted by Crippen LogP contribution is 2.17. The smallest absolute Gasteiger partial charge is 0.281 e. The Morgan fingerprint density at radius 2 is 2.18 bits per heavy atom. The number of amides is 1. The molecular weight excluding hydrogens is 238 g/mol. The molecule has 0 atom stereocenters. The average molecular weight is 249 g/mol. The van der Waals surface area contributed by atoms with Gasteiger partial charge in [0.25, 0.3) is 5.56 Å². The average Bonchev–Trinajstić information content (AvgIpc) is 2.32. The Balaban J connectivity index is 2.81. The molecule has 0 aliphatic heterocycles. The summed E-state index contributed by atoms with van der Waals surface area (Å²) >= 11 is 1.31. The van der Waals surface area contributed by atoms with E-state index in [1.807, 2.05) is 6.07 Å². The number of thioether (sulfide) groups is 1. The van der Waals surface area contributed by atoms with Crippen LogP contribution in [0.15, 0.2) is 34.2 Å². The monoisotopic (exact) mass is 249 g/mol. The number of nitrogens with two attached hydrogens (primary N) is 1. The van der Waals surface area contributed by atoms with Crippen LogP contribution in [-0.2, 0) is 11.3 Å². The fourth-order valence-corrected chi connectivity index (χ4v) is 2.22. The minimum atomic E-state index is -0.462. The van der Waals surface area contributed by atoms with Gasteiger partial charge in [0.15, 0.2) is 5.16 Å². The van der Waals surface area contributed by atoms with Gasteiger partial charge < -0.3 is 10.3 Å². The van der Waals surface area contributed by atoms with Gasteiger partial charge >= 0.3 is 0 Å². The van der Waals surface area contributed by atoms with Crippen LogP contribution in [0.4, 0.5) is 0 Å². The van der Waals surface area contributed by atoms with E-state index in [2.05, 4.69) is 4.98 Å². The first-order valence-corrected chi connectivity index (χ1v) is 6.18. The van der Waals surface area contributed by atoms with E-state index in [9.17, 15) is 9.59 Å². The second-order valence-electron chi connectivity index (χ2n) is 3.47. The normalized spacial score (nSPS) is 10.6. The molecule has 5 nitrogen and oxygen atoms in total. The first-order valence-electron chi connectivity index (χ1n) is 4.95. The Hall–Kier alpha value is -1.82. The third-order valence-electron chi connectivity index (χ3n) is 2.35. The Kier molecular flexibility index (Phi) is 3.14. The summed E-state index contributed by atoms with van der Waals surface area (Å²) in [6.07, 6.45) is 1.80. The van der Waals surface area contributed by atoms with E-state index in [1.165, 1.54) is 11.8 Å². The van der Waals surface area contributed by atoms with Gasteiger partial charge in [0.2, 0.25) is 5.91 Å². The molecule has 0 saturated heterocycles. The first-order chi connectivity index (χ1) is 8.13. The molecule has 0 saturated carbocycles. The molecule has 0 aliphatic carbocycles. The third-order valence-corrected chi connectivity index (χ3v) is 3.03. The van der Waals surface area contributed by atoms with E-state index in [-0.39, 0.29) is 12.1 Å². The zero-order chi connectivity index (χ0) is 12.4. The molecule has 6 heteroatoms. The quantitative estimate of drug-likeness (QED) is 0.638. The van der Waals surface area contributed by atoms with Crippen molar-refractivity contribution in [3.63, 3.8) is 0 Å². The van der Waals surface area contributed by atoms with Crippen LogP contribution in [0.3, 0.4) is 0 Å². The van der Waals surface area contributed by atoms with Crippen LogP contribution in [-0.4, -0.2) is 21.7 Å². The van der Waals surface area contributed by atoms with Gasteiger partial charge in [-0.25, -0.2) is 0 Å². The topological polar surface area (TPSA) is 78.0 Å². The van der Waals surface area contributed by atoms with Crippen LogP contribution in [0.5, 0.6) is 0 Å². The molecule has 2 aromatic rings. The van der Waals surface area contributed by atoms with Crippen LogP contribution >= 0.6 is 11.8 Å².